The van der Waals surface area contributed by atoms with E-state index in [-0.39, 0.29) is 0 Å². The molecule has 0 fully saturated rings. The fourth-order valence-electron chi connectivity index (χ4n) is 0.629. The van der Waals surface area contributed by atoms with Crippen molar-refractivity contribution >= 4 is 5.96 Å². The van der Waals surface area contributed by atoms with Crippen LogP contribution in [0.4, 0.5) is 0 Å². The van der Waals surface area contributed by atoms with E-state index in [4.69, 9.17) is 5.41 Å². The average Bonchev–Trinajstić information content (AvgIpc) is 1.89. The van der Waals surface area contributed by atoms with Gasteiger partial charge in [0.15, 0.2) is 5.96 Å². The monoisotopic (exact) mass is 143 g/mol. The van der Waals surface area contributed by atoms with Gasteiger partial charge in [0, 0.05) is 13.1 Å². The lowest BCUT2D eigenvalue weighted by molar-refractivity contribution is 0.732. The third-order valence-electron chi connectivity index (χ3n) is 1.19. The van der Waals surface area contributed by atoms with E-state index in [9.17, 15) is 0 Å². The van der Waals surface area contributed by atoms with E-state index in [2.05, 4.69) is 17.6 Å². The van der Waals surface area contributed by atoms with Crippen LogP contribution in [0.3, 0.4) is 0 Å². The number of unbranched alkanes of at least 4 members (excludes halogenated alkanes) is 1. The van der Waals surface area contributed by atoms with Crippen LogP contribution in [0.2, 0.25) is 0 Å². The van der Waals surface area contributed by atoms with Crippen LogP contribution >= 0.6 is 0 Å². The van der Waals surface area contributed by atoms with E-state index in [1.807, 2.05) is 6.92 Å². The van der Waals surface area contributed by atoms with Crippen LogP contribution in [-0.2, 0) is 0 Å². The Hall–Kier alpha value is -0.730. The first-order valence-corrected chi connectivity index (χ1v) is 3.87. The van der Waals surface area contributed by atoms with Crippen molar-refractivity contribution in [1.29, 1.82) is 5.41 Å². The maximum atomic E-state index is 7.24. The second-order valence-corrected chi connectivity index (χ2v) is 2.19. The Morgan fingerprint density at radius 3 is 2.50 bits per heavy atom. The zero-order valence-electron chi connectivity index (χ0n) is 6.83. The Morgan fingerprint density at radius 2 is 2.00 bits per heavy atom. The lowest BCUT2D eigenvalue weighted by atomic mass is 10.3. The predicted octanol–water partition coefficient (Wildman–Crippen LogP) is 0.920. The molecule has 0 unspecified atom stereocenters. The molecule has 0 heterocycles. The zero-order valence-corrected chi connectivity index (χ0v) is 6.83. The first-order chi connectivity index (χ1) is 4.81. The second kappa shape index (κ2) is 6.39. The Kier molecular flexibility index (Phi) is 5.92. The van der Waals surface area contributed by atoms with Crippen LogP contribution in [0.25, 0.3) is 0 Å². The average molecular weight is 143 g/mol. The minimum Gasteiger partial charge on any atom is -0.357 e. The lowest BCUT2D eigenvalue weighted by Gasteiger charge is -2.06. The van der Waals surface area contributed by atoms with Crippen molar-refractivity contribution in [3.05, 3.63) is 0 Å². The molecule has 60 valence electrons. The molecule has 10 heavy (non-hydrogen) atoms. The second-order valence-electron chi connectivity index (χ2n) is 2.19. The summed E-state index contributed by atoms with van der Waals surface area (Å²) in [5, 5.41) is 13.1. The van der Waals surface area contributed by atoms with Gasteiger partial charge in [0.05, 0.1) is 0 Å². The van der Waals surface area contributed by atoms with Gasteiger partial charge in [-0.05, 0) is 13.3 Å². The summed E-state index contributed by atoms with van der Waals surface area (Å²) in [6.45, 7) is 5.84. The Labute approximate surface area is 62.7 Å². The Balaban J connectivity index is 3.05. The van der Waals surface area contributed by atoms with Crippen molar-refractivity contribution in [2.24, 2.45) is 0 Å². The molecule has 0 aromatic heterocycles. The highest BCUT2D eigenvalue weighted by Crippen LogP contribution is 1.80. The zero-order chi connectivity index (χ0) is 7.82. The van der Waals surface area contributed by atoms with E-state index in [0.29, 0.717) is 5.96 Å². The van der Waals surface area contributed by atoms with Crippen LogP contribution in [-0.4, -0.2) is 19.0 Å². The topological polar surface area (TPSA) is 47.9 Å². The maximum Gasteiger partial charge on any atom is 0.188 e. The number of hydrogen-bond donors (Lipinski definition) is 3. The van der Waals surface area contributed by atoms with Crippen molar-refractivity contribution in [2.45, 2.75) is 26.7 Å². The number of hydrogen-bond acceptors (Lipinski definition) is 1. The van der Waals surface area contributed by atoms with Gasteiger partial charge in [0.1, 0.15) is 0 Å². The molecule has 0 aliphatic heterocycles. The first kappa shape index (κ1) is 9.27. The van der Waals surface area contributed by atoms with E-state index in [0.717, 1.165) is 19.5 Å². The molecular formula is C7H17N3. The summed E-state index contributed by atoms with van der Waals surface area (Å²) in [5.41, 5.74) is 0. The summed E-state index contributed by atoms with van der Waals surface area (Å²) in [6.07, 6.45) is 2.31. The summed E-state index contributed by atoms with van der Waals surface area (Å²) in [6, 6.07) is 0. The number of rotatable bonds is 4. The molecular weight excluding hydrogens is 126 g/mol. The minimum atomic E-state index is 0.441. The van der Waals surface area contributed by atoms with E-state index >= 15 is 0 Å². The van der Waals surface area contributed by atoms with Crippen molar-refractivity contribution in [2.75, 3.05) is 13.1 Å². The van der Waals surface area contributed by atoms with Gasteiger partial charge < -0.3 is 10.6 Å². The van der Waals surface area contributed by atoms with E-state index < -0.39 is 0 Å². The molecule has 0 aliphatic rings. The van der Waals surface area contributed by atoms with Gasteiger partial charge in [-0.3, -0.25) is 5.41 Å². The highest BCUT2D eigenvalue weighted by Gasteiger charge is 1.88. The van der Waals surface area contributed by atoms with Gasteiger partial charge in [-0.2, -0.15) is 0 Å². The van der Waals surface area contributed by atoms with Crippen LogP contribution in [0, 0.1) is 5.41 Å². The summed E-state index contributed by atoms with van der Waals surface area (Å²) in [7, 11) is 0. The van der Waals surface area contributed by atoms with Crippen molar-refractivity contribution in [3.63, 3.8) is 0 Å². The fourth-order valence-corrected chi connectivity index (χ4v) is 0.629. The van der Waals surface area contributed by atoms with Gasteiger partial charge in [-0.25, -0.2) is 0 Å². The van der Waals surface area contributed by atoms with E-state index in [1.54, 1.807) is 0 Å². The molecule has 0 amide bonds. The SMILES string of the molecule is CCCCNC(=N)NCC. The molecule has 0 rings (SSSR count). The standard InChI is InChI=1S/C7H17N3/c1-3-5-6-10-7(8)9-4-2/h3-6H2,1-2H3,(H3,8,9,10). The number of nitrogens with one attached hydrogen (secondary N) is 3. The predicted molar refractivity (Wildman–Crippen MR) is 44.3 cm³/mol. The van der Waals surface area contributed by atoms with Crippen LogP contribution in [0.1, 0.15) is 26.7 Å². The molecule has 0 bridgehead atoms. The Morgan fingerprint density at radius 1 is 1.30 bits per heavy atom. The summed E-state index contributed by atoms with van der Waals surface area (Å²) >= 11 is 0. The molecule has 0 spiro atoms. The highest BCUT2D eigenvalue weighted by atomic mass is 15.1. The minimum absolute atomic E-state index is 0.441. The first-order valence-electron chi connectivity index (χ1n) is 3.87. The van der Waals surface area contributed by atoms with Crippen molar-refractivity contribution in [3.8, 4) is 0 Å². The normalized spacial score (nSPS) is 9.00. The van der Waals surface area contributed by atoms with Crippen LogP contribution < -0.4 is 10.6 Å². The molecule has 0 aromatic carbocycles. The van der Waals surface area contributed by atoms with Gasteiger partial charge in [-0.1, -0.05) is 13.3 Å². The third-order valence-corrected chi connectivity index (χ3v) is 1.19. The highest BCUT2D eigenvalue weighted by molar-refractivity contribution is 5.76. The summed E-state index contributed by atoms with van der Waals surface area (Å²) in [5.74, 6) is 0.441. The fraction of sp³-hybridized carbons (Fsp3) is 0.857. The molecule has 0 radical (unpaired) electrons. The van der Waals surface area contributed by atoms with Gasteiger partial charge in [0.25, 0.3) is 0 Å². The molecule has 0 saturated heterocycles. The van der Waals surface area contributed by atoms with Crippen molar-refractivity contribution in [1.82, 2.24) is 10.6 Å². The van der Waals surface area contributed by atoms with Gasteiger partial charge >= 0.3 is 0 Å². The molecule has 3 N–H and O–H groups in total. The maximum absolute atomic E-state index is 7.24. The molecule has 0 aromatic rings. The van der Waals surface area contributed by atoms with Gasteiger partial charge in [-0.15, -0.1) is 0 Å². The quantitative estimate of drug-likeness (QED) is 0.311. The van der Waals surface area contributed by atoms with Gasteiger partial charge in [0.2, 0.25) is 0 Å². The van der Waals surface area contributed by atoms with Crippen LogP contribution in [0.5, 0.6) is 0 Å². The molecule has 3 nitrogen and oxygen atoms in total. The summed E-state index contributed by atoms with van der Waals surface area (Å²) in [4.78, 5) is 0. The van der Waals surface area contributed by atoms with E-state index in [1.165, 1.54) is 6.42 Å². The number of guanidine groups is 1. The molecule has 0 atom stereocenters. The van der Waals surface area contributed by atoms with Crippen LogP contribution in [0.15, 0.2) is 0 Å². The third kappa shape index (κ3) is 5.41. The van der Waals surface area contributed by atoms with Crippen molar-refractivity contribution < 1.29 is 0 Å². The molecule has 0 aliphatic carbocycles. The molecule has 3 heteroatoms. The summed E-state index contributed by atoms with van der Waals surface area (Å²) < 4.78 is 0. The largest absolute Gasteiger partial charge is 0.357 e. The Bertz CT molecular complexity index is 90.9. The lowest BCUT2D eigenvalue weighted by Crippen LogP contribution is -2.36. The molecule has 0 saturated carbocycles. The smallest absolute Gasteiger partial charge is 0.188 e.